The first kappa shape index (κ1) is 11.2. The van der Waals surface area contributed by atoms with E-state index in [1.807, 2.05) is 6.07 Å². The molecule has 0 radical (unpaired) electrons. The van der Waals surface area contributed by atoms with Crippen LogP contribution in [0.2, 0.25) is 0 Å². The Labute approximate surface area is 88.0 Å². The molecular formula is C11H10FN3. The molecule has 0 saturated carbocycles. The third kappa shape index (κ3) is 2.77. The quantitative estimate of drug-likeness (QED) is 0.702. The number of nitrogens with zero attached hydrogens (tertiary/aromatic N) is 3. The van der Waals surface area contributed by atoms with Gasteiger partial charge in [0.1, 0.15) is 11.9 Å². The van der Waals surface area contributed by atoms with Crippen LogP contribution in [-0.4, -0.2) is 18.5 Å². The molecule has 0 aromatic heterocycles. The molecule has 15 heavy (non-hydrogen) atoms. The van der Waals surface area contributed by atoms with E-state index in [4.69, 9.17) is 10.5 Å². The van der Waals surface area contributed by atoms with E-state index in [-0.39, 0.29) is 12.1 Å². The van der Waals surface area contributed by atoms with Crippen molar-refractivity contribution in [2.45, 2.75) is 6.54 Å². The van der Waals surface area contributed by atoms with Crippen LogP contribution in [0.5, 0.6) is 0 Å². The Morgan fingerprint density at radius 2 is 2.13 bits per heavy atom. The van der Waals surface area contributed by atoms with E-state index in [0.29, 0.717) is 12.1 Å². The molecule has 0 aliphatic rings. The van der Waals surface area contributed by atoms with Crippen LogP contribution in [0, 0.1) is 28.5 Å². The number of rotatable bonds is 3. The lowest BCUT2D eigenvalue weighted by Gasteiger charge is -2.13. The maximum absolute atomic E-state index is 13.5. The van der Waals surface area contributed by atoms with Gasteiger partial charge in [-0.1, -0.05) is 12.1 Å². The monoisotopic (exact) mass is 203 g/mol. The second kappa shape index (κ2) is 5.09. The summed E-state index contributed by atoms with van der Waals surface area (Å²) in [7, 11) is 1.72. The summed E-state index contributed by atoms with van der Waals surface area (Å²) in [5.74, 6) is -0.496. The fourth-order valence-corrected chi connectivity index (χ4v) is 1.26. The van der Waals surface area contributed by atoms with Crippen molar-refractivity contribution in [1.29, 1.82) is 10.5 Å². The number of hydrogen-bond donors (Lipinski definition) is 0. The highest BCUT2D eigenvalue weighted by atomic mass is 19.1. The summed E-state index contributed by atoms with van der Waals surface area (Å²) in [5.41, 5.74) is 0.477. The topological polar surface area (TPSA) is 50.8 Å². The molecule has 0 spiro atoms. The molecule has 1 aromatic rings. The minimum absolute atomic E-state index is 0.0397. The van der Waals surface area contributed by atoms with Gasteiger partial charge in [0.2, 0.25) is 0 Å². The smallest absolute Gasteiger partial charge is 0.145 e. The lowest BCUT2D eigenvalue weighted by Crippen LogP contribution is -2.18. The zero-order chi connectivity index (χ0) is 11.3. The molecule has 3 nitrogen and oxygen atoms in total. The van der Waals surface area contributed by atoms with Crippen LogP contribution in [0.4, 0.5) is 4.39 Å². The molecule has 4 heteroatoms. The van der Waals surface area contributed by atoms with Crippen molar-refractivity contribution in [3.05, 3.63) is 35.1 Å². The SMILES string of the molecule is CN(CC#N)Cc1cccc(C#N)c1F. The highest BCUT2D eigenvalue weighted by Crippen LogP contribution is 2.13. The standard InChI is InChI=1S/C11H10FN3/c1-15(6-5-13)8-10-4-2-3-9(7-14)11(10)12/h2-4H,6,8H2,1H3. The van der Waals surface area contributed by atoms with Crippen molar-refractivity contribution in [1.82, 2.24) is 4.90 Å². The van der Waals surface area contributed by atoms with Gasteiger partial charge in [0.05, 0.1) is 18.2 Å². The molecule has 1 rings (SSSR count). The van der Waals surface area contributed by atoms with Gasteiger partial charge in [-0.2, -0.15) is 10.5 Å². The van der Waals surface area contributed by atoms with Crippen LogP contribution in [-0.2, 0) is 6.54 Å². The largest absolute Gasteiger partial charge is 0.289 e. The van der Waals surface area contributed by atoms with Gasteiger partial charge >= 0.3 is 0 Å². The Balaban J connectivity index is 2.88. The summed E-state index contributed by atoms with van der Waals surface area (Å²) in [6.45, 7) is 0.561. The molecule has 0 atom stereocenters. The minimum Gasteiger partial charge on any atom is -0.289 e. The summed E-state index contributed by atoms with van der Waals surface area (Å²) >= 11 is 0. The number of halogens is 1. The Kier molecular flexibility index (Phi) is 3.79. The summed E-state index contributed by atoms with van der Waals surface area (Å²) in [6.07, 6.45) is 0. The molecule has 0 saturated heterocycles. The Morgan fingerprint density at radius 3 is 2.73 bits per heavy atom. The normalized spacial score (nSPS) is 9.67. The number of hydrogen-bond acceptors (Lipinski definition) is 3. The first-order chi connectivity index (χ1) is 7.19. The van der Waals surface area contributed by atoms with Crippen LogP contribution in [0.1, 0.15) is 11.1 Å². The van der Waals surface area contributed by atoms with Gasteiger partial charge < -0.3 is 0 Å². The predicted octanol–water partition coefficient (Wildman–Crippen LogP) is 1.65. The first-order valence-electron chi connectivity index (χ1n) is 4.42. The van der Waals surface area contributed by atoms with Crippen molar-refractivity contribution in [2.24, 2.45) is 0 Å². The zero-order valence-corrected chi connectivity index (χ0v) is 8.37. The van der Waals surface area contributed by atoms with Crippen molar-refractivity contribution in [3.63, 3.8) is 0 Å². The third-order valence-corrected chi connectivity index (χ3v) is 1.98. The van der Waals surface area contributed by atoms with Crippen molar-refractivity contribution < 1.29 is 4.39 Å². The van der Waals surface area contributed by atoms with Crippen molar-refractivity contribution in [3.8, 4) is 12.1 Å². The fourth-order valence-electron chi connectivity index (χ4n) is 1.26. The average Bonchev–Trinajstić information content (AvgIpc) is 2.21. The molecule has 0 amide bonds. The average molecular weight is 203 g/mol. The number of nitriles is 2. The van der Waals surface area contributed by atoms with Crippen LogP contribution >= 0.6 is 0 Å². The van der Waals surface area contributed by atoms with Gasteiger partial charge in [-0.05, 0) is 13.1 Å². The lowest BCUT2D eigenvalue weighted by molar-refractivity contribution is 0.359. The van der Waals surface area contributed by atoms with Crippen LogP contribution in [0.3, 0.4) is 0 Å². The third-order valence-electron chi connectivity index (χ3n) is 1.98. The van der Waals surface area contributed by atoms with Gasteiger partial charge in [0.15, 0.2) is 0 Å². The summed E-state index contributed by atoms with van der Waals surface area (Å²) in [4.78, 5) is 1.68. The molecule has 0 aliphatic carbocycles. The van der Waals surface area contributed by atoms with E-state index >= 15 is 0 Å². The fraction of sp³-hybridized carbons (Fsp3) is 0.273. The lowest BCUT2D eigenvalue weighted by atomic mass is 10.1. The molecule has 0 aliphatic heterocycles. The van der Waals surface area contributed by atoms with Gasteiger partial charge in [0, 0.05) is 12.1 Å². The molecule has 0 N–H and O–H groups in total. The van der Waals surface area contributed by atoms with Crippen molar-refractivity contribution >= 4 is 0 Å². The van der Waals surface area contributed by atoms with Gasteiger partial charge in [-0.15, -0.1) is 0 Å². The predicted molar refractivity (Wildman–Crippen MR) is 53.1 cm³/mol. The van der Waals surface area contributed by atoms with E-state index < -0.39 is 5.82 Å². The Bertz CT molecular complexity index is 428. The molecule has 0 unspecified atom stereocenters. The Morgan fingerprint density at radius 1 is 1.40 bits per heavy atom. The molecule has 76 valence electrons. The van der Waals surface area contributed by atoms with E-state index in [0.717, 1.165) is 0 Å². The maximum Gasteiger partial charge on any atom is 0.145 e. The minimum atomic E-state index is -0.496. The summed E-state index contributed by atoms with van der Waals surface area (Å²) in [5, 5.41) is 17.1. The van der Waals surface area contributed by atoms with Gasteiger partial charge in [-0.25, -0.2) is 4.39 Å². The molecule has 0 bridgehead atoms. The molecular weight excluding hydrogens is 193 g/mol. The Hall–Kier alpha value is -1.91. The second-order valence-electron chi connectivity index (χ2n) is 3.22. The van der Waals surface area contributed by atoms with E-state index in [1.54, 1.807) is 30.1 Å². The van der Waals surface area contributed by atoms with Gasteiger partial charge in [0.25, 0.3) is 0 Å². The van der Waals surface area contributed by atoms with E-state index in [1.165, 1.54) is 6.07 Å². The second-order valence-corrected chi connectivity index (χ2v) is 3.22. The maximum atomic E-state index is 13.5. The first-order valence-corrected chi connectivity index (χ1v) is 4.42. The van der Waals surface area contributed by atoms with E-state index in [9.17, 15) is 4.39 Å². The highest BCUT2D eigenvalue weighted by molar-refractivity contribution is 5.34. The van der Waals surface area contributed by atoms with Crippen LogP contribution in [0.25, 0.3) is 0 Å². The summed E-state index contributed by atoms with van der Waals surface area (Å²) in [6, 6.07) is 8.44. The van der Waals surface area contributed by atoms with Gasteiger partial charge in [-0.3, -0.25) is 4.90 Å². The number of benzene rings is 1. The van der Waals surface area contributed by atoms with Crippen LogP contribution < -0.4 is 0 Å². The van der Waals surface area contributed by atoms with Crippen LogP contribution in [0.15, 0.2) is 18.2 Å². The van der Waals surface area contributed by atoms with E-state index in [2.05, 4.69) is 0 Å². The zero-order valence-electron chi connectivity index (χ0n) is 8.37. The highest BCUT2D eigenvalue weighted by Gasteiger charge is 2.08. The molecule has 0 fully saturated rings. The molecule has 0 heterocycles. The summed E-state index contributed by atoms with van der Waals surface area (Å²) < 4.78 is 13.5. The molecule has 1 aromatic carbocycles. The van der Waals surface area contributed by atoms with Crippen molar-refractivity contribution in [2.75, 3.05) is 13.6 Å².